The molecule has 2 nitrogen and oxygen atoms in total. The van der Waals surface area contributed by atoms with Crippen LogP contribution < -0.4 is 4.90 Å². The van der Waals surface area contributed by atoms with Crippen LogP contribution in [0.15, 0.2) is 18.2 Å². The van der Waals surface area contributed by atoms with Gasteiger partial charge in [0.2, 0.25) is 0 Å². The second-order valence-corrected chi connectivity index (χ2v) is 4.80. The van der Waals surface area contributed by atoms with Crippen LogP contribution in [-0.2, 0) is 10.6 Å². The van der Waals surface area contributed by atoms with Crippen LogP contribution in [0.2, 0.25) is 0 Å². The van der Waals surface area contributed by atoms with Crippen LogP contribution in [0.5, 0.6) is 0 Å². The topological polar surface area (TPSA) is 12.5 Å². The first-order chi connectivity index (χ1) is 9.19. The van der Waals surface area contributed by atoms with E-state index in [9.17, 15) is 4.39 Å². The fraction of sp³-hybridized carbons (Fsp3) is 0.600. The number of anilines is 1. The highest BCUT2D eigenvalue weighted by Gasteiger charge is 2.21. The Kier molecular flexibility index (Phi) is 7.17. The quantitative estimate of drug-likeness (QED) is 0.664. The van der Waals surface area contributed by atoms with E-state index >= 15 is 0 Å². The van der Waals surface area contributed by atoms with Gasteiger partial charge in [0.1, 0.15) is 5.82 Å². The minimum absolute atomic E-state index is 0.207. The third-order valence-electron chi connectivity index (χ3n) is 3.42. The van der Waals surface area contributed by atoms with Crippen molar-refractivity contribution in [1.29, 1.82) is 0 Å². The molecule has 0 fully saturated rings. The Morgan fingerprint density at radius 3 is 2.53 bits per heavy atom. The maximum absolute atomic E-state index is 14.2. The molecule has 4 heteroatoms. The number of nitrogens with zero attached hydrogens (tertiary/aromatic N) is 1. The van der Waals surface area contributed by atoms with Gasteiger partial charge < -0.3 is 9.64 Å². The van der Waals surface area contributed by atoms with Crippen molar-refractivity contribution in [3.8, 4) is 0 Å². The molecule has 0 spiro atoms. The number of rotatable bonds is 8. The Morgan fingerprint density at radius 1 is 1.32 bits per heavy atom. The van der Waals surface area contributed by atoms with Crippen LogP contribution in [0.25, 0.3) is 0 Å². The molecule has 0 heterocycles. The van der Waals surface area contributed by atoms with E-state index < -0.39 is 0 Å². The Bertz CT molecular complexity index is 382. The summed E-state index contributed by atoms with van der Waals surface area (Å²) in [6.45, 7) is 5.49. The Labute approximate surface area is 120 Å². The average Bonchev–Trinajstić information content (AvgIpc) is 2.43. The highest BCUT2D eigenvalue weighted by molar-refractivity contribution is 6.17. The fourth-order valence-electron chi connectivity index (χ4n) is 2.39. The molecule has 19 heavy (non-hydrogen) atoms. The van der Waals surface area contributed by atoms with Crippen molar-refractivity contribution >= 4 is 17.3 Å². The molecule has 1 aromatic carbocycles. The molecule has 0 saturated carbocycles. The van der Waals surface area contributed by atoms with Crippen LogP contribution in [-0.4, -0.2) is 26.3 Å². The normalized spacial score (nSPS) is 11.1. The average molecular weight is 288 g/mol. The summed E-state index contributed by atoms with van der Waals surface area (Å²) in [7, 11) is 1.66. The first-order valence-corrected chi connectivity index (χ1v) is 7.31. The summed E-state index contributed by atoms with van der Waals surface area (Å²) in [6, 6.07) is 5.38. The van der Waals surface area contributed by atoms with Gasteiger partial charge in [-0.2, -0.15) is 0 Å². The first kappa shape index (κ1) is 16.3. The molecule has 0 N–H and O–H groups in total. The predicted molar refractivity (Wildman–Crippen MR) is 79.5 cm³/mol. The molecule has 0 aliphatic heterocycles. The summed E-state index contributed by atoms with van der Waals surface area (Å²) in [4.78, 5) is 2.09. The van der Waals surface area contributed by atoms with Gasteiger partial charge in [-0.1, -0.05) is 26.0 Å². The fourth-order valence-corrected chi connectivity index (χ4v) is 2.60. The Hall–Kier alpha value is -0.800. The van der Waals surface area contributed by atoms with Crippen LogP contribution in [0.3, 0.4) is 0 Å². The van der Waals surface area contributed by atoms with Crippen molar-refractivity contribution in [3.63, 3.8) is 0 Å². The van der Waals surface area contributed by atoms with E-state index in [1.165, 1.54) is 6.07 Å². The number of methoxy groups -OCH3 is 1. The first-order valence-electron chi connectivity index (χ1n) is 6.78. The molecule has 0 radical (unpaired) electrons. The zero-order valence-corrected chi connectivity index (χ0v) is 12.7. The predicted octanol–water partition coefficient (Wildman–Crippen LogP) is 4.21. The third-order valence-corrected chi connectivity index (χ3v) is 3.71. The van der Waals surface area contributed by atoms with Crippen molar-refractivity contribution in [2.45, 2.75) is 38.6 Å². The van der Waals surface area contributed by atoms with E-state index in [0.717, 1.165) is 18.4 Å². The number of hydrogen-bond donors (Lipinski definition) is 0. The van der Waals surface area contributed by atoms with E-state index in [1.807, 2.05) is 6.07 Å². The largest absolute Gasteiger partial charge is 0.383 e. The second-order valence-electron chi connectivity index (χ2n) is 4.54. The molecule has 108 valence electrons. The molecule has 1 aromatic rings. The van der Waals surface area contributed by atoms with Crippen LogP contribution in [0, 0.1) is 5.82 Å². The van der Waals surface area contributed by atoms with Gasteiger partial charge >= 0.3 is 0 Å². The number of ether oxygens (including phenoxy) is 1. The zero-order valence-electron chi connectivity index (χ0n) is 12.0. The number of benzene rings is 1. The maximum Gasteiger partial charge on any atom is 0.146 e. The van der Waals surface area contributed by atoms with E-state index in [-0.39, 0.29) is 5.82 Å². The van der Waals surface area contributed by atoms with Crippen LogP contribution >= 0.6 is 11.6 Å². The summed E-state index contributed by atoms with van der Waals surface area (Å²) in [6.07, 6.45) is 1.94. The molecule has 0 amide bonds. The highest BCUT2D eigenvalue weighted by atomic mass is 35.5. The van der Waals surface area contributed by atoms with Crippen LogP contribution in [0.1, 0.15) is 32.3 Å². The van der Waals surface area contributed by atoms with Crippen molar-refractivity contribution in [2.75, 3.05) is 25.2 Å². The number of halogens is 2. The van der Waals surface area contributed by atoms with E-state index in [0.29, 0.717) is 30.8 Å². The van der Waals surface area contributed by atoms with Gasteiger partial charge in [0.15, 0.2) is 0 Å². The molecule has 0 bridgehead atoms. The molecule has 0 aromatic heterocycles. The lowest BCUT2D eigenvalue weighted by Crippen LogP contribution is -2.38. The van der Waals surface area contributed by atoms with Crippen LogP contribution in [0.4, 0.5) is 10.1 Å². The van der Waals surface area contributed by atoms with Crippen molar-refractivity contribution in [3.05, 3.63) is 29.6 Å². The lowest BCUT2D eigenvalue weighted by atomic mass is 10.1. The summed E-state index contributed by atoms with van der Waals surface area (Å²) in [5.74, 6) is 0.109. The van der Waals surface area contributed by atoms with Crippen molar-refractivity contribution in [2.24, 2.45) is 0 Å². The highest BCUT2D eigenvalue weighted by Crippen LogP contribution is 2.29. The monoisotopic (exact) mass is 287 g/mol. The Balaban J connectivity index is 3.15. The van der Waals surface area contributed by atoms with Gasteiger partial charge in [-0.3, -0.25) is 0 Å². The second kappa shape index (κ2) is 8.39. The molecule has 1 rings (SSSR count). The van der Waals surface area contributed by atoms with Crippen molar-refractivity contribution < 1.29 is 9.13 Å². The van der Waals surface area contributed by atoms with Gasteiger partial charge in [0.05, 0.1) is 12.3 Å². The lowest BCUT2D eigenvalue weighted by Gasteiger charge is -2.34. The van der Waals surface area contributed by atoms with E-state index in [2.05, 4.69) is 18.7 Å². The molecular formula is C15H23ClFNO. The summed E-state index contributed by atoms with van der Waals surface area (Å²) in [5, 5.41) is 0. The molecule has 0 aliphatic rings. The van der Waals surface area contributed by atoms with Gasteiger partial charge in [0, 0.05) is 25.6 Å². The Morgan fingerprint density at radius 2 is 2.00 bits per heavy atom. The molecule has 0 saturated heterocycles. The van der Waals surface area contributed by atoms with Gasteiger partial charge in [-0.15, -0.1) is 11.6 Å². The lowest BCUT2D eigenvalue weighted by molar-refractivity contribution is 0.202. The number of para-hydroxylation sites is 1. The van der Waals surface area contributed by atoms with Gasteiger partial charge in [-0.05, 0) is 24.5 Å². The maximum atomic E-state index is 14.2. The van der Waals surface area contributed by atoms with E-state index in [4.69, 9.17) is 16.3 Å². The minimum Gasteiger partial charge on any atom is -0.383 e. The standard InChI is InChI=1S/C15H23ClFNO/c1-4-13(5-2)18(9-10-19-3)15-12(11-16)7-6-8-14(15)17/h6-8,13H,4-5,9-11H2,1-3H3. The third kappa shape index (κ3) is 4.08. The molecule has 0 unspecified atom stereocenters. The summed E-state index contributed by atoms with van der Waals surface area (Å²) >= 11 is 5.95. The number of hydrogen-bond acceptors (Lipinski definition) is 2. The molecule has 0 atom stereocenters. The van der Waals surface area contributed by atoms with Gasteiger partial charge in [0.25, 0.3) is 0 Å². The molecule has 0 aliphatic carbocycles. The smallest absolute Gasteiger partial charge is 0.146 e. The SMILES string of the molecule is CCC(CC)N(CCOC)c1c(F)cccc1CCl. The van der Waals surface area contributed by atoms with Crippen molar-refractivity contribution in [1.82, 2.24) is 0 Å². The van der Waals surface area contributed by atoms with E-state index in [1.54, 1.807) is 13.2 Å². The minimum atomic E-state index is -0.207. The zero-order chi connectivity index (χ0) is 14.3. The summed E-state index contributed by atoms with van der Waals surface area (Å²) in [5.41, 5.74) is 1.47. The van der Waals surface area contributed by atoms with Gasteiger partial charge in [-0.25, -0.2) is 4.39 Å². The molecular weight excluding hydrogens is 265 g/mol. The number of alkyl halides is 1. The summed E-state index contributed by atoms with van der Waals surface area (Å²) < 4.78 is 19.4.